The van der Waals surface area contributed by atoms with Crippen LogP contribution < -0.4 is 5.32 Å². The van der Waals surface area contributed by atoms with Crippen LogP contribution in [0.3, 0.4) is 0 Å². The summed E-state index contributed by atoms with van der Waals surface area (Å²) in [4.78, 5) is 34.7. The van der Waals surface area contributed by atoms with Gasteiger partial charge >= 0.3 is 18.0 Å². The Morgan fingerprint density at radius 2 is 1.70 bits per heavy atom. The van der Waals surface area contributed by atoms with Gasteiger partial charge in [0.2, 0.25) is 0 Å². The Kier molecular flexibility index (Phi) is 5.71. The van der Waals surface area contributed by atoms with E-state index in [9.17, 15) is 14.4 Å². The number of likely N-dealkylation sites (tertiary alicyclic amines) is 1. The Morgan fingerprint density at radius 1 is 1.20 bits per heavy atom. The fourth-order valence-electron chi connectivity index (χ4n) is 1.98. The van der Waals surface area contributed by atoms with Crippen molar-refractivity contribution in [2.75, 3.05) is 27.3 Å². The number of amides is 2. The molecular weight excluding hydrogens is 272 g/mol. The number of carbonyl (C=O) groups excluding carboxylic acids is 1. The first-order valence-electron chi connectivity index (χ1n) is 5.94. The van der Waals surface area contributed by atoms with Crippen LogP contribution in [0.2, 0.25) is 0 Å². The molecule has 1 aliphatic heterocycles. The summed E-state index contributed by atoms with van der Waals surface area (Å²) in [6, 6.07) is -2.12. The minimum Gasteiger partial charge on any atom is -0.481 e. The number of nitrogens with zero attached hydrogens (tertiary/aromatic N) is 1. The molecule has 0 aromatic carbocycles. The predicted octanol–water partition coefficient (Wildman–Crippen LogP) is -1.03. The van der Waals surface area contributed by atoms with Gasteiger partial charge in [0, 0.05) is 14.2 Å². The zero-order chi connectivity index (χ0) is 15.3. The predicted molar refractivity (Wildman–Crippen MR) is 65.4 cm³/mol. The monoisotopic (exact) mass is 290 g/mol. The maximum Gasteiger partial charge on any atom is 0.326 e. The third-order valence-corrected chi connectivity index (χ3v) is 3.08. The van der Waals surface area contributed by atoms with Gasteiger partial charge in [-0.2, -0.15) is 0 Å². The first kappa shape index (κ1) is 16.2. The molecule has 0 spiro atoms. The van der Waals surface area contributed by atoms with E-state index in [4.69, 9.17) is 19.7 Å². The summed E-state index contributed by atoms with van der Waals surface area (Å²) in [5.74, 6) is -2.70. The first-order chi connectivity index (χ1) is 9.38. The Hall–Kier alpha value is -1.87. The van der Waals surface area contributed by atoms with Crippen molar-refractivity contribution in [1.29, 1.82) is 0 Å². The van der Waals surface area contributed by atoms with Crippen molar-refractivity contribution in [3.05, 3.63) is 0 Å². The zero-order valence-electron chi connectivity index (χ0n) is 11.2. The van der Waals surface area contributed by atoms with Gasteiger partial charge in [0.25, 0.3) is 0 Å². The van der Waals surface area contributed by atoms with Crippen molar-refractivity contribution in [2.45, 2.75) is 24.7 Å². The summed E-state index contributed by atoms with van der Waals surface area (Å²) >= 11 is 0. The molecule has 3 atom stereocenters. The van der Waals surface area contributed by atoms with E-state index in [1.807, 2.05) is 0 Å². The molecule has 0 aromatic rings. The van der Waals surface area contributed by atoms with Crippen molar-refractivity contribution >= 4 is 18.0 Å². The lowest BCUT2D eigenvalue weighted by atomic mass is 10.2. The molecule has 1 heterocycles. The van der Waals surface area contributed by atoms with Crippen LogP contribution in [0.15, 0.2) is 0 Å². The van der Waals surface area contributed by atoms with E-state index in [0.717, 1.165) is 0 Å². The molecule has 2 amide bonds. The quantitative estimate of drug-likeness (QED) is 0.571. The van der Waals surface area contributed by atoms with Crippen molar-refractivity contribution < 1.29 is 34.1 Å². The lowest BCUT2D eigenvalue weighted by Gasteiger charge is -2.19. The molecule has 1 fully saturated rings. The molecule has 2 unspecified atom stereocenters. The van der Waals surface area contributed by atoms with Gasteiger partial charge in [-0.15, -0.1) is 0 Å². The van der Waals surface area contributed by atoms with Gasteiger partial charge in [-0.05, 0) is 0 Å². The lowest BCUT2D eigenvalue weighted by molar-refractivity contribution is -0.145. The largest absolute Gasteiger partial charge is 0.481 e. The molecule has 0 aliphatic carbocycles. The Bertz CT molecular complexity index is 375. The number of ether oxygens (including phenoxy) is 2. The van der Waals surface area contributed by atoms with Crippen LogP contribution in [0.4, 0.5) is 4.79 Å². The minimum absolute atomic E-state index is 0.250. The second-order valence-electron chi connectivity index (χ2n) is 4.39. The molecule has 0 bridgehead atoms. The number of nitrogens with one attached hydrogen (secondary N) is 1. The topological polar surface area (TPSA) is 125 Å². The van der Waals surface area contributed by atoms with E-state index in [1.165, 1.54) is 19.1 Å². The second-order valence-corrected chi connectivity index (χ2v) is 4.39. The van der Waals surface area contributed by atoms with Crippen molar-refractivity contribution in [2.24, 2.45) is 0 Å². The van der Waals surface area contributed by atoms with Gasteiger partial charge in [-0.1, -0.05) is 0 Å². The smallest absolute Gasteiger partial charge is 0.326 e. The van der Waals surface area contributed by atoms with Crippen LogP contribution in [0.1, 0.15) is 6.42 Å². The standard InChI is InChI=1S/C11H18N2O7/c1-19-7-4-13(5-8(7)20-2)11(18)12-6(10(16)17)3-9(14)15/h6-8H,3-5H2,1-2H3,(H,12,18)(H,14,15)(H,16,17)/t6-,7?,8?/m0/s1. The third kappa shape index (κ3) is 4.07. The number of carbonyl (C=O) groups is 3. The molecular formula is C11H18N2O7. The van der Waals surface area contributed by atoms with E-state index < -0.39 is 30.4 Å². The number of hydrogen-bond donors (Lipinski definition) is 3. The highest BCUT2D eigenvalue weighted by molar-refractivity contribution is 5.86. The second kappa shape index (κ2) is 7.06. The molecule has 1 aliphatic rings. The molecule has 0 aromatic heterocycles. The summed E-state index contributed by atoms with van der Waals surface area (Å²) in [6.07, 6.45) is -1.28. The van der Waals surface area contributed by atoms with Crippen LogP contribution >= 0.6 is 0 Å². The van der Waals surface area contributed by atoms with Crippen molar-refractivity contribution in [1.82, 2.24) is 10.2 Å². The van der Waals surface area contributed by atoms with E-state index in [1.54, 1.807) is 0 Å². The number of carboxylic acids is 2. The third-order valence-electron chi connectivity index (χ3n) is 3.08. The highest BCUT2D eigenvalue weighted by Crippen LogP contribution is 2.15. The number of carboxylic acid groups (broad SMARTS) is 2. The van der Waals surface area contributed by atoms with Crippen LogP contribution in [0.25, 0.3) is 0 Å². The molecule has 9 heteroatoms. The van der Waals surface area contributed by atoms with E-state index >= 15 is 0 Å². The van der Waals surface area contributed by atoms with Crippen LogP contribution in [0, 0.1) is 0 Å². The number of aliphatic carboxylic acids is 2. The Balaban J connectivity index is 2.61. The molecule has 1 rings (SSSR count). The molecule has 0 saturated carbocycles. The fraction of sp³-hybridized carbons (Fsp3) is 0.727. The number of urea groups is 1. The summed E-state index contributed by atoms with van der Waals surface area (Å²) in [5.41, 5.74) is 0. The molecule has 3 N–H and O–H groups in total. The Morgan fingerprint density at radius 3 is 2.05 bits per heavy atom. The van der Waals surface area contributed by atoms with Gasteiger partial charge in [-0.25, -0.2) is 9.59 Å². The molecule has 9 nitrogen and oxygen atoms in total. The maximum atomic E-state index is 11.9. The minimum atomic E-state index is -1.47. The van der Waals surface area contributed by atoms with Crippen LogP contribution in [0.5, 0.6) is 0 Å². The Labute approximate surface area is 115 Å². The van der Waals surface area contributed by atoms with E-state index in [0.29, 0.717) is 0 Å². The molecule has 114 valence electrons. The van der Waals surface area contributed by atoms with Crippen LogP contribution in [-0.4, -0.2) is 78.6 Å². The summed E-state index contributed by atoms with van der Waals surface area (Å²) in [5, 5.41) is 19.6. The average Bonchev–Trinajstić information content (AvgIpc) is 2.80. The van der Waals surface area contributed by atoms with Gasteiger partial charge in [-0.3, -0.25) is 4.79 Å². The van der Waals surface area contributed by atoms with Crippen molar-refractivity contribution in [3.8, 4) is 0 Å². The van der Waals surface area contributed by atoms with Gasteiger partial charge in [0.1, 0.15) is 18.2 Å². The van der Waals surface area contributed by atoms with Gasteiger partial charge in [0.05, 0.1) is 19.5 Å². The number of methoxy groups -OCH3 is 2. The highest BCUT2D eigenvalue weighted by Gasteiger charge is 2.36. The molecule has 0 radical (unpaired) electrons. The first-order valence-corrected chi connectivity index (χ1v) is 5.94. The summed E-state index contributed by atoms with van der Waals surface area (Å²) in [6.45, 7) is 0.500. The number of rotatable bonds is 6. The van der Waals surface area contributed by atoms with E-state index in [-0.39, 0.29) is 25.3 Å². The average molecular weight is 290 g/mol. The lowest BCUT2D eigenvalue weighted by Crippen LogP contribution is -2.48. The fourth-order valence-corrected chi connectivity index (χ4v) is 1.98. The molecule has 20 heavy (non-hydrogen) atoms. The summed E-state index contributed by atoms with van der Waals surface area (Å²) < 4.78 is 10.3. The SMILES string of the molecule is COC1CN(C(=O)N[C@@H](CC(=O)O)C(=O)O)CC1OC. The summed E-state index contributed by atoms with van der Waals surface area (Å²) in [7, 11) is 2.98. The highest BCUT2D eigenvalue weighted by atomic mass is 16.5. The maximum absolute atomic E-state index is 11.9. The van der Waals surface area contributed by atoms with Crippen molar-refractivity contribution in [3.63, 3.8) is 0 Å². The van der Waals surface area contributed by atoms with Gasteiger partial charge in [0.15, 0.2) is 0 Å². The number of hydrogen-bond acceptors (Lipinski definition) is 5. The molecule has 1 saturated heterocycles. The van der Waals surface area contributed by atoms with Crippen LogP contribution in [-0.2, 0) is 19.1 Å². The normalized spacial score (nSPS) is 23.4. The van der Waals surface area contributed by atoms with E-state index in [2.05, 4.69) is 5.32 Å². The zero-order valence-corrected chi connectivity index (χ0v) is 11.2. The van der Waals surface area contributed by atoms with Gasteiger partial charge < -0.3 is 29.9 Å².